The number of ether oxygens (including phenoxy) is 1. The fourth-order valence-corrected chi connectivity index (χ4v) is 1.62. The second-order valence-electron chi connectivity index (χ2n) is 4.23. The molecule has 1 amide bonds. The first-order valence-electron chi connectivity index (χ1n) is 6.52. The van der Waals surface area contributed by atoms with Crippen LogP contribution in [0.3, 0.4) is 0 Å². The summed E-state index contributed by atoms with van der Waals surface area (Å²) in [4.78, 5) is 14.0. The van der Waals surface area contributed by atoms with Crippen LogP contribution in [0.5, 0.6) is 5.88 Å². The average molecular weight is 254 g/mol. The first kappa shape index (κ1) is 14.5. The number of aromatic nitrogens is 1. The maximum absolute atomic E-state index is 12.2. The summed E-state index contributed by atoms with van der Waals surface area (Å²) in [5, 5.41) is 3.65. The Bertz CT molecular complexity index is 355. The predicted molar refractivity (Wildman–Crippen MR) is 68.8 cm³/mol. The van der Waals surface area contributed by atoms with E-state index in [0.29, 0.717) is 5.88 Å². The summed E-state index contributed by atoms with van der Waals surface area (Å²) in [6, 6.07) is 1.53. The van der Waals surface area contributed by atoms with Crippen molar-refractivity contribution in [2.24, 2.45) is 0 Å². The Morgan fingerprint density at radius 3 is 2.39 bits per heavy atom. The molecule has 5 heteroatoms. The lowest BCUT2D eigenvalue weighted by Gasteiger charge is -2.20. The minimum absolute atomic E-state index is 0.104. The van der Waals surface area contributed by atoms with Crippen molar-refractivity contribution in [3.8, 4) is 5.88 Å². The second kappa shape index (κ2) is 7.74. The van der Waals surface area contributed by atoms with Crippen LogP contribution in [0.15, 0.2) is 10.6 Å². The Kier molecular flexibility index (Phi) is 6.25. The van der Waals surface area contributed by atoms with Gasteiger partial charge in [-0.1, -0.05) is 26.7 Å². The van der Waals surface area contributed by atoms with Crippen molar-refractivity contribution in [1.29, 1.82) is 0 Å². The molecule has 0 unspecified atom stereocenters. The highest BCUT2D eigenvalue weighted by Crippen LogP contribution is 2.14. The lowest BCUT2D eigenvalue weighted by molar-refractivity contribution is 0.0709. The van der Waals surface area contributed by atoms with E-state index in [2.05, 4.69) is 19.0 Å². The summed E-state index contributed by atoms with van der Waals surface area (Å²) in [6.07, 6.45) is 4.13. The molecule has 0 aromatic carbocycles. The molecule has 5 nitrogen and oxygen atoms in total. The molecule has 0 aliphatic carbocycles. The standard InChI is InChI=1S/C13H22N2O3/c1-4-6-8-15(9-7-5-2)13(16)11-10-12(17-3)14-18-11/h10H,4-9H2,1-3H3. The molecule has 18 heavy (non-hydrogen) atoms. The zero-order chi connectivity index (χ0) is 13.4. The molecule has 1 aromatic heterocycles. The van der Waals surface area contributed by atoms with E-state index in [-0.39, 0.29) is 11.7 Å². The van der Waals surface area contributed by atoms with Crippen LogP contribution >= 0.6 is 0 Å². The topological polar surface area (TPSA) is 55.6 Å². The van der Waals surface area contributed by atoms with Gasteiger partial charge in [0.2, 0.25) is 5.76 Å². The van der Waals surface area contributed by atoms with Crippen LogP contribution in [0.1, 0.15) is 50.1 Å². The number of unbranched alkanes of at least 4 members (excludes halogenated alkanes) is 2. The Morgan fingerprint density at radius 1 is 1.33 bits per heavy atom. The molecule has 0 bridgehead atoms. The molecule has 0 aliphatic rings. The highest BCUT2D eigenvalue weighted by atomic mass is 16.5. The molecular weight excluding hydrogens is 232 g/mol. The van der Waals surface area contributed by atoms with E-state index >= 15 is 0 Å². The van der Waals surface area contributed by atoms with E-state index in [1.165, 1.54) is 13.2 Å². The summed E-state index contributed by atoms with van der Waals surface area (Å²) >= 11 is 0. The van der Waals surface area contributed by atoms with Gasteiger partial charge >= 0.3 is 0 Å². The minimum Gasteiger partial charge on any atom is -0.479 e. The summed E-state index contributed by atoms with van der Waals surface area (Å²) in [5.41, 5.74) is 0. The summed E-state index contributed by atoms with van der Waals surface area (Å²) in [7, 11) is 1.50. The van der Waals surface area contributed by atoms with E-state index in [0.717, 1.165) is 38.8 Å². The lowest BCUT2D eigenvalue weighted by Crippen LogP contribution is -2.32. The van der Waals surface area contributed by atoms with Gasteiger partial charge < -0.3 is 14.2 Å². The number of hydrogen-bond donors (Lipinski definition) is 0. The van der Waals surface area contributed by atoms with Gasteiger partial charge in [0.05, 0.1) is 13.2 Å². The quantitative estimate of drug-likeness (QED) is 0.715. The van der Waals surface area contributed by atoms with Crippen LogP contribution in [-0.2, 0) is 0 Å². The molecule has 0 N–H and O–H groups in total. The lowest BCUT2D eigenvalue weighted by atomic mass is 10.2. The largest absolute Gasteiger partial charge is 0.479 e. The monoisotopic (exact) mass is 254 g/mol. The van der Waals surface area contributed by atoms with Crippen molar-refractivity contribution < 1.29 is 14.1 Å². The number of nitrogens with zero attached hydrogens (tertiary/aromatic N) is 2. The molecule has 1 heterocycles. The van der Waals surface area contributed by atoms with E-state index in [1.807, 2.05) is 4.90 Å². The van der Waals surface area contributed by atoms with Crippen molar-refractivity contribution in [1.82, 2.24) is 10.1 Å². The van der Waals surface area contributed by atoms with Gasteiger partial charge in [-0.25, -0.2) is 0 Å². The fourth-order valence-electron chi connectivity index (χ4n) is 1.62. The average Bonchev–Trinajstić information content (AvgIpc) is 2.87. The van der Waals surface area contributed by atoms with Gasteiger partial charge in [-0.2, -0.15) is 0 Å². The van der Waals surface area contributed by atoms with Crippen LogP contribution in [0.4, 0.5) is 0 Å². The molecule has 0 saturated carbocycles. The van der Waals surface area contributed by atoms with Crippen molar-refractivity contribution in [3.63, 3.8) is 0 Å². The molecule has 0 radical (unpaired) electrons. The number of amides is 1. The molecule has 102 valence electrons. The van der Waals surface area contributed by atoms with Gasteiger partial charge in [0.15, 0.2) is 0 Å². The molecule has 0 saturated heterocycles. The molecule has 0 aliphatic heterocycles. The first-order valence-corrected chi connectivity index (χ1v) is 6.52. The van der Waals surface area contributed by atoms with Crippen LogP contribution in [0.2, 0.25) is 0 Å². The zero-order valence-electron chi connectivity index (χ0n) is 11.4. The van der Waals surface area contributed by atoms with E-state index in [4.69, 9.17) is 9.26 Å². The van der Waals surface area contributed by atoms with Crippen molar-refractivity contribution in [3.05, 3.63) is 11.8 Å². The van der Waals surface area contributed by atoms with Gasteiger partial charge in [0, 0.05) is 13.1 Å². The molecule has 0 spiro atoms. The number of rotatable bonds is 8. The minimum atomic E-state index is -0.104. The molecule has 1 rings (SSSR count). The van der Waals surface area contributed by atoms with Gasteiger partial charge in [-0.3, -0.25) is 4.79 Å². The Morgan fingerprint density at radius 2 is 1.94 bits per heavy atom. The summed E-state index contributed by atoms with van der Waals surface area (Å²) in [5.74, 6) is 0.482. The van der Waals surface area contributed by atoms with Gasteiger partial charge in [0.25, 0.3) is 11.8 Å². The van der Waals surface area contributed by atoms with Crippen molar-refractivity contribution in [2.45, 2.75) is 39.5 Å². The SMILES string of the molecule is CCCCN(CCCC)C(=O)c1cc(OC)no1. The number of methoxy groups -OCH3 is 1. The third-order valence-corrected chi connectivity index (χ3v) is 2.76. The predicted octanol–water partition coefficient (Wildman–Crippen LogP) is 2.73. The smallest absolute Gasteiger partial charge is 0.292 e. The molecule has 1 aromatic rings. The van der Waals surface area contributed by atoms with Crippen molar-refractivity contribution in [2.75, 3.05) is 20.2 Å². The molecule has 0 atom stereocenters. The third-order valence-electron chi connectivity index (χ3n) is 2.76. The van der Waals surface area contributed by atoms with Crippen LogP contribution in [-0.4, -0.2) is 36.2 Å². The zero-order valence-corrected chi connectivity index (χ0v) is 11.4. The highest BCUT2D eigenvalue weighted by molar-refractivity contribution is 5.91. The maximum Gasteiger partial charge on any atom is 0.292 e. The van der Waals surface area contributed by atoms with Gasteiger partial charge in [-0.15, -0.1) is 0 Å². The Hall–Kier alpha value is -1.52. The van der Waals surface area contributed by atoms with E-state index in [1.54, 1.807) is 0 Å². The fraction of sp³-hybridized carbons (Fsp3) is 0.692. The maximum atomic E-state index is 12.2. The molecule has 0 fully saturated rings. The van der Waals surface area contributed by atoms with Gasteiger partial charge in [0.1, 0.15) is 0 Å². The Balaban J connectivity index is 2.67. The summed E-state index contributed by atoms with van der Waals surface area (Å²) in [6.45, 7) is 5.75. The normalized spacial score (nSPS) is 10.4. The number of carbonyl (C=O) groups excluding carboxylic acids is 1. The van der Waals surface area contributed by atoms with Gasteiger partial charge in [-0.05, 0) is 18.0 Å². The van der Waals surface area contributed by atoms with E-state index < -0.39 is 0 Å². The molecular formula is C13H22N2O3. The second-order valence-corrected chi connectivity index (χ2v) is 4.23. The highest BCUT2D eigenvalue weighted by Gasteiger charge is 2.19. The number of carbonyl (C=O) groups is 1. The van der Waals surface area contributed by atoms with Crippen LogP contribution < -0.4 is 4.74 Å². The van der Waals surface area contributed by atoms with Crippen LogP contribution in [0.25, 0.3) is 0 Å². The summed E-state index contributed by atoms with van der Waals surface area (Å²) < 4.78 is 9.90. The van der Waals surface area contributed by atoms with E-state index in [9.17, 15) is 4.79 Å². The number of hydrogen-bond acceptors (Lipinski definition) is 4. The third kappa shape index (κ3) is 4.05. The van der Waals surface area contributed by atoms with Crippen LogP contribution in [0, 0.1) is 0 Å². The van der Waals surface area contributed by atoms with Crippen molar-refractivity contribution >= 4 is 5.91 Å². The Labute approximate surface area is 108 Å². The first-order chi connectivity index (χ1) is 8.72.